The Morgan fingerprint density at radius 3 is 2.33 bits per heavy atom. The molecule has 1 aliphatic rings. The fourth-order valence-corrected chi connectivity index (χ4v) is 3.23. The van der Waals surface area contributed by atoms with Gasteiger partial charge in [0.2, 0.25) is 0 Å². The lowest BCUT2D eigenvalue weighted by atomic mass is 10.0. The van der Waals surface area contributed by atoms with Crippen LogP contribution >= 0.6 is 0 Å². The van der Waals surface area contributed by atoms with Gasteiger partial charge in [-0.25, -0.2) is 4.39 Å². The number of rotatable bonds is 6. The van der Waals surface area contributed by atoms with Gasteiger partial charge in [-0.15, -0.1) is 0 Å². The van der Waals surface area contributed by atoms with E-state index in [4.69, 9.17) is 0 Å². The predicted octanol–water partition coefficient (Wildman–Crippen LogP) is 3.47. The minimum absolute atomic E-state index is 0.156. The van der Waals surface area contributed by atoms with Crippen LogP contribution in [0.15, 0.2) is 24.3 Å². The zero-order valence-electron chi connectivity index (χ0n) is 13.6. The van der Waals surface area contributed by atoms with Gasteiger partial charge in [0.25, 0.3) is 0 Å². The first-order chi connectivity index (χ1) is 10.0. The standard InChI is InChI=1S/C18H29FN2/c1-14(2)13-21-10-8-18(9-11-21)20-15(3)12-16-4-6-17(19)7-5-16/h4-7,14-15,18,20H,8-13H2,1-3H3. The van der Waals surface area contributed by atoms with Crippen LogP contribution in [-0.2, 0) is 6.42 Å². The summed E-state index contributed by atoms with van der Waals surface area (Å²) in [5, 5.41) is 3.74. The van der Waals surface area contributed by atoms with E-state index in [1.54, 1.807) is 12.1 Å². The van der Waals surface area contributed by atoms with Crippen LogP contribution in [0.25, 0.3) is 0 Å². The molecule has 1 heterocycles. The number of nitrogens with one attached hydrogen (secondary N) is 1. The molecule has 2 rings (SSSR count). The minimum Gasteiger partial charge on any atom is -0.311 e. The molecule has 1 aromatic carbocycles. The summed E-state index contributed by atoms with van der Waals surface area (Å²) in [6.45, 7) is 10.4. The zero-order valence-corrected chi connectivity index (χ0v) is 13.6. The molecule has 0 spiro atoms. The number of hydrogen-bond acceptors (Lipinski definition) is 2. The maximum atomic E-state index is 12.9. The quantitative estimate of drug-likeness (QED) is 0.863. The van der Waals surface area contributed by atoms with Crippen molar-refractivity contribution in [3.8, 4) is 0 Å². The fraction of sp³-hybridized carbons (Fsp3) is 0.667. The third kappa shape index (κ3) is 5.76. The van der Waals surface area contributed by atoms with Gasteiger partial charge in [0, 0.05) is 18.6 Å². The summed E-state index contributed by atoms with van der Waals surface area (Å²) in [5.74, 6) is 0.601. The summed E-state index contributed by atoms with van der Waals surface area (Å²) in [7, 11) is 0. The van der Waals surface area contributed by atoms with Crippen LogP contribution in [0.3, 0.4) is 0 Å². The van der Waals surface area contributed by atoms with E-state index in [1.807, 2.05) is 12.1 Å². The summed E-state index contributed by atoms with van der Waals surface area (Å²) in [6, 6.07) is 7.94. The van der Waals surface area contributed by atoms with Gasteiger partial charge < -0.3 is 10.2 Å². The summed E-state index contributed by atoms with van der Waals surface area (Å²) >= 11 is 0. The Kier molecular flexibility index (Phi) is 6.19. The highest BCUT2D eigenvalue weighted by Gasteiger charge is 2.20. The lowest BCUT2D eigenvalue weighted by molar-refractivity contribution is 0.175. The molecule has 1 aliphatic heterocycles. The van der Waals surface area contributed by atoms with E-state index in [1.165, 1.54) is 38.0 Å². The summed E-state index contributed by atoms with van der Waals surface area (Å²) in [6.07, 6.45) is 3.44. The third-order valence-electron chi connectivity index (χ3n) is 4.19. The van der Waals surface area contributed by atoms with Gasteiger partial charge in [0.05, 0.1) is 0 Å². The average molecular weight is 292 g/mol. The van der Waals surface area contributed by atoms with Crippen LogP contribution in [0.5, 0.6) is 0 Å². The summed E-state index contributed by atoms with van der Waals surface area (Å²) in [4.78, 5) is 2.58. The van der Waals surface area contributed by atoms with Crippen LogP contribution in [-0.4, -0.2) is 36.6 Å². The average Bonchev–Trinajstić information content (AvgIpc) is 2.43. The van der Waals surface area contributed by atoms with E-state index in [0.717, 1.165) is 12.3 Å². The normalized spacial score (nSPS) is 19.1. The number of likely N-dealkylation sites (tertiary alicyclic amines) is 1. The van der Waals surface area contributed by atoms with Gasteiger partial charge in [-0.3, -0.25) is 0 Å². The van der Waals surface area contributed by atoms with Crippen LogP contribution in [0.2, 0.25) is 0 Å². The van der Waals surface area contributed by atoms with Crippen molar-refractivity contribution in [1.29, 1.82) is 0 Å². The first kappa shape index (κ1) is 16.4. The summed E-state index contributed by atoms with van der Waals surface area (Å²) < 4.78 is 12.9. The largest absolute Gasteiger partial charge is 0.311 e. The van der Waals surface area contributed by atoms with E-state index in [2.05, 4.69) is 31.0 Å². The molecule has 0 radical (unpaired) electrons. The lowest BCUT2D eigenvalue weighted by Crippen LogP contribution is -2.46. The molecule has 118 valence electrons. The zero-order chi connectivity index (χ0) is 15.2. The van der Waals surface area contributed by atoms with Gasteiger partial charge in [0.15, 0.2) is 0 Å². The van der Waals surface area contributed by atoms with E-state index < -0.39 is 0 Å². The molecular formula is C18H29FN2. The second-order valence-electron chi connectivity index (χ2n) is 6.87. The molecule has 1 N–H and O–H groups in total. The Morgan fingerprint density at radius 1 is 1.14 bits per heavy atom. The number of benzene rings is 1. The molecule has 1 unspecified atom stereocenters. The first-order valence-electron chi connectivity index (χ1n) is 8.25. The molecule has 2 nitrogen and oxygen atoms in total. The topological polar surface area (TPSA) is 15.3 Å². The molecule has 3 heteroatoms. The van der Waals surface area contributed by atoms with Crippen molar-refractivity contribution in [3.05, 3.63) is 35.6 Å². The molecule has 0 bridgehead atoms. The second-order valence-corrected chi connectivity index (χ2v) is 6.87. The Balaban J connectivity index is 1.71. The lowest BCUT2D eigenvalue weighted by Gasteiger charge is -2.34. The first-order valence-corrected chi connectivity index (χ1v) is 8.25. The van der Waals surface area contributed by atoms with Crippen LogP contribution in [0.1, 0.15) is 39.2 Å². The molecule has 0 aromatic heterocycles. The van der Waals surface area contributed by atoms with Crippen molar-refractivity contribution in [2.24, 2.45) is 5.92 Å². The fourth-order valence-electron chi connectivity index (χ4n) is 3.23. The molecule has 1 saturated heterocycles. The highest BCUT2D eigenvalue weighted by atomic mass is 19.1. The molecule has 21 heavy (non-hydrogen) atoms. The SMILES string of the molecule is CC(C)CN1CCC(NC(C)Cc2ccc(F)cc2)CC1. The van der Waals surface area contributed by atoms with E-state index in [0.29, 0.717) is 12.1 Å². The van der Waals surface area contributed by atoms with Crippen LogP contribution in [0, 0.1) is 11.7 Å². The maximum absolute atomic E-state index is 12.9. The second kappa shape index (κ2) is 7.90. The molecule has 1 aromatic rings. The Hall–Kier alpha value is -0.930. The van der Waals surface area contributed by atoms with E-state index in [-0.39, 0.29) is 5.82 Å². The number of halogens is 1. The van der Waals surface area contributed by atoms with Crippen molar-refractivity contribution < 1.29 is 4.39 Å². The highest BCUT2D eigenvalue weighted by molar-refractivity contribution is 5.17. The van der Waals surface area contributed by atoms with Crippen molar-refractivity contribution in [3.63, 3.8) is 0 Å². The van der Waals surface area contributed by atoms with Crippen LogP contribution in [0.4, 0.5) is 4.39 Å². The Bertz CT molecular complexity index is 408. The smallest absolute Gasteiger partial charge is 0.123 e. The monoisotopic (exact) mass is 292 g/mol. The molecule has 1 fully saturated rings. The molecular weight excluding hydrogens is 263 g/mol. The van der Waals surface area contributed by atoms with Gasteiger partial charge in [0.1, 0.15) is 5.82 Å². The molecule has 1 atom stereocenters. The van der Waals surface area contributed by atoms with Crippen molar-refractivity contribution in [1.82, 2.24) is 10.2 Å². The molecule has 0 aliphatic carbocycles. The van der Waals surface area contributed by atoms with E-state index >= 15 is 0 Å². The number of hydrogen-bond donors (Lipinski definition) is 1. The minimum atomic E-state index is -0.156. The maximum Gasteiger partial charge on any atom is 0.123 e. The van der Waals surface area contributed by atoms with Crippen molar-refractivity contribution >= 4 is 0 Å². The van der Waals surface area contributed by atoms with E-state index in [9.17, 15) is 4.39 Å². The predicted molar refractivity (Wildman–Crippen MR) is 87.0 cm³/mol. The number of piperidine rings is 1. The van der Waals surface area contributed by atoms with Gasteiger partial charge >= 0.3 is 0 Å². The van der Waals surface area contributed by atoms with Gasteiger partial charge in [-0.1, -0.05) is 26.0 Å². The van der Waals surface area contributed by atoms with Gasteiger partial charge in [-0.05, 0) is 62.9 Å². The van der Waals surface area contributed by atoms with Crippen LogP contribution < -0.4 is 5.32 Å². The van der Waals surface area contributed by atoms with Crippen molar-refractivity contribution in [2.75, 3.05) is 19.6 Å². The number of nitrogens with zero attached hydrogens (tertiary/aromatic N) is 1. The summed E-state index contributed by atoms with van der Waals surface area (Å²) in [5.41, 5.74) is 1.20. The molecule has 0 saturated carbocycles. The van der Waals surface area contributed by atoms with Crippen molar-refractivity contribution in [2.45, 2.75) is 52.1 Å². The third-order valence-corrected chi connectivity index (χ3v) is 4.19. The molecule has 0 amide bonds. The van der Waals surface area contributed by atoms with Gasteiger partial charge in [-0.2, -0.15) is 0 Å². The Morgan fingerprint density at radius 2 is 1.76 bits per heavy atom. The highest BCUT2D eigenvalue weighted by Crippen LogP contribution is 2.14. The Labute approximate surface area is 128 Å².